The minimum Gasteiger partial charge on any atom is -0.303 e. The highest BCUT2D eigenvalue weighted by Gasteiger charge is 2.47. The van der Waals surface area contributed by atoms with Crippen molar-refractivity contribution in [1.29, 1.82) is 0 Å². The highest BCUT2D eigenvalue weighted by molar-refractivity contribution is 5.62. The zero-order chi connectivity index (χ0) is 8.54. The van der Waals surface area contributed by atoms with Crippen LogP contribution in [0.1, 0.15) is 39.5 Å². The van der Waals surface area contributed by atoms with E-state index in [1.165, 1.54) is 13.8 Å². The van der Waals surface area contributed by atoms with Crippen molar-refractivity contribution in [2.24, 2.45) is 5.41 Å². The second-order valence-corrected chi connectivity index (χ2v) is 3.95. The summed E-state index contributed by atoms with van der Waals surface area (Å²) in [5.41, 5.74) is -2.02. The predicted octanol–water partition coefficient (Wildman–Crippen LogP) is 2.49. The molecule has 1 aliphatic rings. The Hall–Kier alpha value is -0.400. The number of hydrogen-bond donors (Lipinski definition) is 0. The maximum absolute atomic E-state index is 13.5. The van der Waals surface area contributed by atoms with Crippen LogP contribution in [0.5, 0.6) is 0 Å². The van der Waals surface area contributed by atoms with Crippen molar-refractivity contribution in [3.8, 4) is 0 Å². The summed E-state index contributed by atoms with van der Waals surface area (Å²) in [6.07, 6.45) is 4.25. The summed E-state index contributed by atoms with van der Waals surface area (Å²) in [7, 11) is 0. The van der Waals surface area contributed by atoms with Gasteiger partial charge in [0.25, 0.3) is 0 Å². The minimum atomic E-state index is -1.34. The van der Waals surface area contributed by atoms with Gasteiger partial charge in [0.05, 0.1) is 5.41 Å². The SMILES string of the molecule is CC(C)(F)C1(C=O)CCCC1. The second kappa shape index (κ2) is 2.58. The molecule has 0 unspecified atom stereocenters. The third kappa shape index (κ3) is 1.31. The van der Waals surface area contributed by atoms with Crippen LogP contribution >= 0.6 is 0 Å². The normalized spacial score (nSPS) is 23.5. The van der Waals surface area contributed by atoms with Crippen molar-refractivity contribution in [3.63, 3.8) is 0 Å². The Morgan fingerprint density at radius 2 is 1.82 bits per heavy atom. The molecule has 1 nitrogen and oxygen atoms in total. The molecular formula is C9H15FO. The number of aldehydes is 1. The fourth-order valence-electron chi connectivity index (χ4n) is 1.86. The van der Waals surface area contributed by atoms with Gasteiger partial charge in [-0.05, 0) is 26.7 Å². The molecule has 64 valence electrons. The van der Waals surface area contributed by atoms with Gasteiger partial charge in [0, 0.05) is 0 Å². The molecule has 0 atom stereocenters. The average molecular weight is 158 g/mol. The van der Waals surface area contributed by atoms with Crippen LogP contribution < -0.4 is 0 Å². The Balaban J connectivity index is 2.83. The first-order valence-corrected chi connectivity index (χ1v) is 4.17. The molecule has 11 heavy (non-hydrogen) atoms. The molecule has 1 fully saturated rings. The maximum Gasteiger partial charge on any atom is 0.129 e. The minimum absolute atomic E-state index is 0.674. The van der Waals surface area contributed by atoms with Crippen molar-refractivity contribution in [3.05, 3.63) is 0 Å². The Labute approximate surface area is 67.0 Å². The van der Waals surface area contributed by atoms with Crippen LogP contribution in [0.4, 0.5) is 4.39 Å². The van der Waals surface area contributed by atoms with Gasteiger partial charge in [0.1, 0.15) is 12.0 Å². The van der Waals surface area contributed by atoms with Crippen LogP contribution in [-0.4, -0.2) is 12.0 Å². The maximum atomic E-state index is 13.5. The van der Waals surface area contributed by atoms with Gasteiger partial charge in [-0.1, -0.05) is 12.8 Å². The molecule has 0 aromatic carbocycles. The van der Waals surface area contributed by atoms with Crippen molar-refractivity contribution in [2.45, 2.75) is 45.2 Å². The summed E-state index contributed by atoms with van der Waals surface area (Å²) in [4.78, 5) is 10.7. The molecule has 0 spiro atoms. The van der Waals surface area contributed by atoms with E-state index in [0.717, 1.165) is 32.0 Å². The lowest BCUT2D eigenvalue weighted by Gasteiger charge is -2.32. The van der Waals surface area contributed by atoms with E-state index in [0.29, 0.717) is 0 Å². The van der Waals surface area contributed by atoms with Crippen LogP contribution in [0.2, 0.25) is 0 Å². The fraction of sp³-hybridized carbons (Fsp3) is 0.889. The number of halogens is 1. The lowest BCUT2D eigenvalue weighted by molar-refractivity contribution is -0.123. The predicted molar refractivity (Wildman–Crippen MR) is 42.2 cm³/mol. The van der Waals surface area contributed by atoms with E-state index in [-0.39, 0.29) is 0 Å². The van der Waals surface area contributed by atoms with Crippen LogP contribution in [0, 0.1) is 5.41 Å². The van der Waals surface area contributed by atoms with Crippen LogP contribution in [0.25, 0.3) is 0 Å². The summed E-state index contributed by atoms with van der Waals surface area (Å²) in [5, 5.41) is 0. The van der Waals surface area contributed by atoms with E-state index < -0.39 is 11.1 Å². The smallest absolute Gasteiger partial charge is 0.129 e. The Morgan fingerprint density at radius 1 is 1.36 bits per heavy atom. The summed E-state index contributed by atoms with van der Waals surface area (Å²) in [5.74, 6) is 0. The van der Waals surface area contributed by atoms with Crippen LogP contribution in [0.15, 0.2) is 0 Å². The molecule has 0 N–H and O–H groups in total. The van der Waals surface area contributed by atoms with Gasteiger partial charge in [0.15, 0.2) is 0 Å². The molecule has 0 radical (unpaired) electrons. The molecule has 0 aromatic heterocycles. The van der Waals surface area contributed by atoms with E-state index in [2.05, 4.69) is 0 Å². The monoisotopic (exact) mass is 158 g/mol. The first-order valence-electron chi connectivity index (χ1n) is 4.17. The van der Waals surface area contributed by atoms with E-state index in [9.17, 15) is 9.18 Å². The van der Waals surface area contributed by atoms with Crippen molar-refractivity contribution in [2.75, 3.05) is 0 Å². The van der Waals surface area contributed by atoms with Gasteiger partial charge in [0.2, 0.25) is 0 Å². The van der Waals surface area contributed by atoms with Crippen molar-refractivity contribution < 1.29 is 9.18 Å². The number of alkyl halides is 1. The number of carbonyl (C=O) groups excluding carboxylic acids is 1. The molecule has 0 heterocycles. The van der Waals surface area contributed by atoms with Gasteiger partial charge < -0.3 is 4.79 Å². The van der Waals surface area contributed by atoms with Gasteiger partial charge in [-0.25, -0.2) is 4.39 Å². The highest BCUT2D eigenvalue weighted by Crippen LogP contribution is 2.46. The third-order valence-electron chi connectivity index (χ3n) is 2.91. The second-order valence-electron chi connectivity index (χ2n) is 3.95. The first-order chi connectivity index (χ1) is 5.02. The quantitative estimate of drug-likeness (QED) is 0.564. The zero-order valence-corrected chi connectivity index (χ0v) is 7.19. The van der Waals surface area contributed by atoms with Gasteiger partial charge in [-0.15, -0.1) is 0 Å². The first kappa shape index (κ1) is 8.69. The fourth-order valence-corrected chi connectivity index (χ4v) is 1.86. The van der Waals surface area contributed by atoms with Gasteiger partial charge >= 0.3 is 0 Å². The van der Waals surface area contributed by atoms with E-state index >= 15 is 0 Å². The van der Waals surface area contributed by atoms with Crippen molar-refractivity contribution in [1.82, 2.24) is 0 Å². The summed E-state index contributed by atoms with van der Waals surface area (Å²) in [6.45, 7) is 3.01. The Bertz CT molecular complexity index is 151. The van der Waals surface area contributed by atoms with Crippen molar-refractivity contribution >= 4 is 6.29 Å². The molecule has 0 aliphatic heterocycles. The third-order valence-corrected chi connectivity index (χ3v) is 2.91. The van der Waals surface area contributed by atoms with E-state index in [1.54, 1.807) is 0 Å². The lowest BCUT2D eigenvalue weighted by atomic mass is 9.75. The van der Waals surface area contributed by atoms with Crippen LogP contribution in [-0.2, 0) is 4.79 Å². The summed E-state index contributed by atoms with van der Waals surface area (Å²) in [6, 6.07) is 0. The summed E-state index contributed by atoms with van der Waals surface area (Å²) < 4.78 is 13.5. The topological polar surface area (TPSA) is 17.1 Å². The molecule has 0 bridgehead atoms. The lowest BCUT2D eigenvalue weighted by Crippen LogP contribution is -2.39. The summed E-state index contributed by atoms with van der Waals surface area (Å²) >= 11 is 0. The number of rotatable bonds is 2. The zero-order valence-electron chi connectivity index (χ0n) is 7.19. The highest BCUT2D eigenvalue weighted by atomic mass is 19.1. The average Bonchev–Trinajstić information content (AvgIpc) is 2.33. The molecule has 1 rings (SSSR count). The molecule has 1 aliphatic carbocycles. The standard InChI is InChI=1S/C9H15FO/c1-8(2,10)9(7-11)5-3-4-6-9/h7H,3-6H2,1-2H3. The molecule has 0 aromatic rings. The molecule has 2 heteroatoms. The largest absolute Gasteiger partial charge is 0.303 e. The molecular weight excluding hydrogens is 143 g/mol. The number of carbonyl (C=O) groups is 1. The molecule has 0 saturated heterocycles. The van der Waals surface area contributed by atoms with E-state index in [4.69, 9.17) is 0 Å². The Morgan fingerprint density at radius 3 is 2.00 bits per heavy atom. The molecule has 1 saturated carbocycles. The van der Waals surface area contributed by atoms with Gasteiger partial charge in [-0.3, -0.25) is 0 Å². The van der Waals surface area contributed by atoms with Crippen LogP contribution in [0.3, 0.4) is 0 Å². The number of hydrogen-bond acceptors (Lipinski definition) is 1. The molecule has 0 amide bonds. The van der Waals surface area contributed by atoms with E-state index in [1.807, 2.05) is 0 Å². The Kier molecular flexibility index (Phi) is 2.04. The van der Waals surface area contributed by atoms with Gasteiger partial charge in [-0.2, -0.15) is 0 Å².